The highest BCUT2D eigenvalue weighted by Crippen LogP contribution is 2.36. The molecular formula is C20H22ClNO4. The van der Waals surface area contributed by atoms with Gasteiger partial charge < -0.3 is 19.9 Å². The maximum absolute atomic E-state index is 12.1. The molecule has 0 aliphatic heterocycles. The van der Waals surface area contributed by atoms with Crippen LogP contribution in [0, 0.1) is 0 Å². The molecule has 0 spiro atoms. The molecule has 0 saturated carbocycles. The summed E-state index contributed by atoms with van der Waals surface area (Å²) in [5, 5.41) is 14.4. The molecule has 138 valence electrons. The van der Waals surface area contributed by atoms with Crippen molar-refractivity contribution in [2.75, 3.05) is 20.3 Å². The molecule has 5 nitrogen and oxygen atoms in total. The lowest BCUT2D eigenvalue weighted by molar-refractivity contribution is -0.124. The van der Waals surface area contributed by atoms with Crippen LogP contribution in [-0.2, 0) is 16.8 Å². The number of aliphatic hydroxyl groups is 1. The number of nitrogens with one attached hydrogen (secondary N) is 1. The van der Waals surface area contributed by atoms with Crippen LogP contribution in [0.4, 0.5) is 0 Å². The van der Waals surface area contributed by atoms with Crippen LogP contribution in [0.15, 0.2) is 42.5 Å². The maximum Gasteiger partial charge on any atom is 0.258 e. The first kappa shape index (κ1) is 18.5. The molecule has 1 atom stereocenters. The van der Waals surface area contributed by atoms with Crippen molar-refractivity contribution in [1.82, 2.24) is 5.32 Å². The van der Waals surface area contributed by atoms with E-state index in [4.69, 9.17) is 21.1 Å². The fourth-order valence-electron chi connectivity index (χ4n) is 3.22. The highest BCUT2D eigenvalue weighted by atomic mass is 35.5. The van der Waals surface area contributed by atoms with Crippen molar-refractivity contribution in [3.05, 3.63) is 58.6 Å². The van der Waals surface area contributed by atoms with Gasteiger partial charge in [0.2, 0.25) is 0 Å². The average Bonchev–Trinajstić information content (AvgIpc) is 2.66. The van der Waals surface area contributed by atoms with Crippen molar-refractivity contribution in [2.24, 2.45) is 0 Å². The monoisotopic (exact) mass is 375 g/mol. The number of methoxy groups -OCH3 is 1. The van der Waals surface area contributed by atoms with Gasteiger partial charge in [0.1, 0.15) is 17.1 Å². The molecular weight excluding hydrogens is 354 g/mol. The summed E-state index contributed by atoms with van der Waals surface area (Å²) >= 11 is 5.82. The van der Waals surface area contributed by atoms with Crippen LogP contribution in [0.1, 0.15) is 24.0 Å². The van der Waals surface area contributed by atoms with Gasteiger partial charge in [-0.3, -0.25) is 4.79 Å². The van der Waals surface area contributed by atoms with Gasteiger partial charge in [0.15, 0.2) is 6.61 Å². The third-order valence-electron chi connectivity index (χ3n) is 4.61. The molecule has 0 radical (unpaired) electrons. The fourth-order valence-corrected chi connectivity index (χ4v) is 3.35. The predicted molar refractivity (Wildman–Crippen MR) is 99.8 cm³/mol. The number of amides is 1. The molecule has 0 fully saturated rings. The van der Waals surface area contributed by atoms with Gasteiger partial charge in [-0.1, -0.05) is 17.7 Å². The van der Waals surface area contributed by atoms with E-state index in [0.29, 0.717) is 17.2 Å². The van der Waals surface area contributed by atoms with Gasteiger partial charge in [-0.05, 0) is 66.8 Å². The van der Waals surface area contributed by atoms with Crippen LogP contribution < -0.4 is 14.8 Å². The summed E-state index contributed by atoms with van der Waals surface area (Å²) in [5.74, 6) is 1.06. The quantitative estimate of drug-likeness (QED) is 0.814. The summed E-state index contributed by atoms with van der Waals surface area (Å²) in [6.45, 7) is 0.0301. The van der Waals surface area contributed by atoms with Crippen molar-refractivity contribution < 1.29 is 19.4 Å². The molecule has 2 aromatic rings. The lowest BCUT2D eigenvalue weighted by atomic mass is 9.79. The van der Waals surface area contributed by atoms with Gasteiger partial charge in [-0.15, -0.1) is 0 Å². The lowest BCUT2D eigenvalue weighted by Crippen LogP contribution is -2.44. The Morgan fingerprint density at radius 2 is 1.96 bits per heavy atom. The zero-order valence-electron chi connectivity index (χ0n) is 14.6. The summed E-state index contributed by atoms with van der Waals surface area (Å²) in [4.78, 5) is 12.1. The third kappa shape index (κ3) is 4.29. The molecule has 0 heterocycles. The number of hydrogen-bond donors (Lipinski definition) is 2. The largest absolute Gasteiger partial charge is 0.497 e. The lowest BCUT2D eigenvalue weighted by Gasteiger charge is -2.34. The number of benzene rings is 2. The first-order chi connectivity index (χ1) is 12.5. The normalized spacial score (nSPS) is 18.7. The van der Waals surface area contributed by atoms with E-state index in [2.05, 4.69) is 5.32 Å². The van der Waals surface area contributed by atoms with Crippen LogP contribution in [0.2, 0.25) is 5.02 Å². The van der Waals surface area contributed by atoms with Crippen molar-refractivity contribution >= 4 is 17.5 Å². The Bertz CT molecular complexity index is 778. The minimum Gasteiger partial charge on any atom is -0.497 e. The van der Waals surface area contributed by atoms with E-state index in [-0.39, 0.29) is 19.1 Å². The smallest absolute Gasteiger partial charge is 0.258 e. The second-order valence-corrected chi connectivity index (χ2v) is 6.86. The summed E-state index contributed by atoms with van der Waals surface area (Å²) in [5.41, 5.74) is 0.837. The van der Waals surface area contributed by atoms with Gasteiger partial charge in [-0.2, -0.15) is 0 Å². The predicted octanol–water partition coefficient (Wildman–Crippen LogP) is 3.07. The van der Waals surface area contributed by atoms with Crippen molar-refractivity contribution in [3.8, 4) is 11.5 Å². The summed E-state index contributed by atoms with van der Waals surface area (Å²) < 4.78 is 10.7. The van der Waals surface area contributed by atoms with E-state index in [0.717, 1.165) is 29.7 Å². The SMILES string of the molecule is COc1ccc2c(c1)CCCC2(O)CNC(=O)COc1ccc(Cl)cc1. The van der Waals surface area contributed by atoms with E-state index in [1.807, 2.05) is 18.2 Å². The number of carbonyl (C=O) groups excluding carboxylic acids is 1. The van der Waals surface area contributed by atoms with Crippen LogP contribution in [0.3, 0.4) is 0 Å². The van der Waals surface area contributed by atoms with Crippen LogP contribution in [0.25, 0.3) is 0 Å². The number of halogens is 1. The molecule has 1 amide bonds. The first-order valence-corrected chi connectivity index (χ1v) is 8.93. The van der Waals surface area contributed by atoms with Gasteiger partial charge in [0.05, 0.1) is 13.7 Å². The molecule has 0 aromatic heterocycles. The number of rotatable bonds is 6. The minimum absolute atomic E-state index is 0.118. The zero-order chi connectivity index (χ0) is 18.6. The zero-order valence-corrected chi connectivity index (χ0v) is 15.4. The molecule has 6 heteroatoms. The second kappa shape index (κ2) is 7.98. The summed E-state index contributed by atoms with van der Waals surface area (Å²) in [6.07, 6.45) is 2.35. The van der Waals surface area contributed by atoms with Gasteiger partial charge in [0.25, 0.3) is 5.91 Å². The number of aryl methyl sites for hydroxylation is 1. The maximum atomic E-state index is 12.1. The molecule has 1 unspecified atom stereocenters. The number of ether oxygens (including phenoxy) is 2. The molecule has 0 saturated heterocycles. The number of carbonyl (C=O) groups is 1. The highest BCUT2D eigenvalue weighted by molar-refractivity contribution is 6.30. The second-order valence-electron chi connectivity index (χ2n) is 6.43. The summed E-state index contributed by atoms with van der Waals surface area (Å²) in [6, 6.07) is 12.5. The fraction of sp³-hybridized carbons (Fsp3) is 0.350. The average molecular weight is 376 g/mol. The van der Waals surface area contributed by atoms with Crippen molar-refractivity contribution in [3.63, 3.8) is 0 Å². The van der Waals surface area contributed by atoms with E-state index in [9.17, 15) is 9.90 Å². The first-order valence-electron chi connectivity index (χ1n) is 8.55. The van der Waals surface area contributed by atoms with Crippen LogP contribution in [0.5, 0.6) is 11.5 Å². The van der Waals surface area contributed by atoms with E-state index in [1.165, 1.54) is 0 Å². The van der Waals surface area contributed by atoms with Crippen molar-refractivity contribution in [2.45, 2.75) is 24.9 Å². The third-order valence-corrected chi connectivity index (χ3v) is 4.86. The molecule has 0 bridgehead atoms. The van der Waals surface area contributed by atoms with Crippen molar-refractivity contribution in [1.29, 1.82) is 0 Å². The molecule has 3 rings (SSSR count). The Balaban J connectivity index is 1.59. The van der Waals surface area contributed by atoms with E-state index >= 15 is 0 Å². The topological polar surface area (TPSA) is 67.8 Å². The standard InChI is InChI=1S/C20H22ClNO4/c1-25-17-8-9-18-14(11-17)3-2-10-20(18,24)13-22-19(23)12-26-16-6-4-15(21)5-7-16/h4-9,11,24H,2-3,10,12-13H2,1H3,(H,22,23). The Morgan fingerprint density at radius 3 is 2.69 bits per heavy atom. The Labute approximate surface area is 157 Å². The molecule has 1 aliphatic rings. The van der Waals surface area contributed by atoms with Crippen LogP contribution >= 0.6 is 11.6 Å². The Morgan fingerprint density at radius 1 is 1.23 bits per heavy atom. The van der Waals surface area contributed by atoms with E-state index in [1.54, 1.807) is 31.4 Å². The molecule has 2 N–H and O–H groups in total. The molecule has 26 heavy (non-hydrogen) atoms. The van der Waals surface area contributed by atoms with E-state index < -0.39 is 5.60 Å². The van der Waals surface area contributed by atoms with Gasteiger partial charge in [0, 0.05) is 5.02 Å². The Hall–Kier alpha value is -2.24. The molecule has 1 aliphatic carbocycles. The highest BCUT2D eigenvalue weighted by Gasteiger charge is 2.34. The minimum atomic E-state index is -1.07. The molecule has 2 aromatic carbocycles. The summed E-state index contributed by atoms with van der Waals surface area (Å²) in [7, 11) is 1.62. The van der Waals surface area contributed by atoms with Gasteiger partial charge >= 0.3 is 0 Å². The number of hydrogen-bond acceptors (Lipinski definition) is 4. The number of fused-ring (bicyclic) bond motifs is 1. The van der Waals surface area contributed by atoms with Gasteiger partial charge in [-0.25, -0.2) is 0 Å². The van der Waals surface area contributed by atoms with Crippen LogP contribution in [-0.4, -0.2) is 31.3 Å². The Kier molecular flexibility index (Phi) is 5.69.